The number of hydrogen-bond donors (Lipinski definition) is 1. The maximum Gasteiger partial charge on any atom is 0.269 e. The van der Waals surface area contributed by atoms with E-state index in [0.717, 1.165) is 6.07 Å². The van der Waals surface area contributed by atoms with Gasteiger partial charge in [0.05, 0.1) is 18.2 Å². The first-order chi connectivity index (χ1) is 12.4. The second kappa shape index (κ2) is 8.86. The smallest absolute Gasteiger partial charge is 0.269 e. The third-order valence-corrected chi connectivity index (χ3v) is 4.22. The molecule has 1 aromatic carbocycles. The lowest BCUT2D eigenvalue weighted by atomic mass is 9.98. The highest BCUT2D eigenvalue weighted by atomic mass is 19.2. The number of ketones is 1. The molecule has 1 atom stereocenters. The number of carbonyl (C=O) groups is 2. The van der Waals surface area contributed by atoms with Crippen LogP contribution in [-0.4, -0.2) is 57.2 Å². The maximum atomic E-state index is 13.7. The molecular formula is C18H22F2N2O4. The van der Waals surface area contributed by atoms with Gasteiger partial charge in [0.1, 0.15) is 5.78 Å². The number of halogens is 2. The highest BCUT2D eigenvalue weighted by Gasteiger charge is 2.28. The Hall–Kier alpha value is -2.32. The van der Waals surface area contributed by atoms with Gasteiger partial charge in [0, 0.05) is 34.2 Å². The van der Waals surface area contributed by atoms with E-state index in [-0.39, 0.29) is 42.5 Å². The molecule has 1 heterocycles. The van der Waals surface area contributed by atoms with Crippen LogP contribution in [0.2, 0.25) is 0 Å². The van der Waals surface area contributed by atoms with Crippen molar-refractivity contribution in [2.75, 3.05) is 34.4 Å². The molecule has 142 valence electrons. The molecule has 1 unspecified atom stereocenters. The van der Waals surface area contributed by atoms with Crippen LogP contribution in [0, 0.1) is 17.6 Å². The number of rotatable bonds is 8. The number of amides is 1. The first kappa shape index (κ1) is 20.0. The van der Waals surface area contributed by atoms with Gasteiger partial charge in [-0.05, 0) is 17.7 Å². The summed E-state index contributed by atoms with van der Waals surface area (Å²) in [7, 11) is 4.53. The molecule has 1 aliphatic rings. The number of nitrogens with one attached hydrogen (secondary N) is 1. The second-order valence-electron chi connectivity index (χ2n) is 6.01. The Morgan fingerprint density at radius 3 is 2.65 bits per heavy atom. The summed E-state index contributed by atoms with van der Waals surface area (Å²) in [5.41, 5.74) is 0.292. The minimum atomic E-state index is -1.02. The number of benzene rings is 1. The number of hydrogen-bond acceptors (Lipinski definition) is 5. The number of carbonyl (C=O) groups excluding carboxylic acids is 2. The van der Waals surface area contributed by atoms with Crippen LogP contribution in [0.5, 0.6) is 0 Å². The number of nitrogens with zero attached hydrogens (tertiary/aromatic N) is 1. The fourth-order valence-corrected chi connectivity index (χ4v) is 2.65. The number of ether oxygens (including phenoxy) is 2. The summed E-state index contributed by atoms with van der Waals surface area (Å²) < 4.78 is 37.1. The summed E-state index contributed by atoms with van der Waals surface area (Å²) in [6.07, 6.45) is 0.728. The van der Waals surface area contributed by atoms with Crippen LogP contribution in [0.3, 0.4) is 0 Å². The molecular weight excluding hydrogens is 346 g/mol. The fraction of sp³-hybridized carbons (Fsp3) is 0.444. The fourth-order valence-electron chi connectivity index (χ4n) is 2.65. The van der Waals surface area contributed by atoms with Gasteiger partial charge in [-0.3, -0.25) is 9.59 Å². The molecule has 0 bridgehead atoms. The molecule has 1 aromatic rings. The molecule has 0 fully saturated rings. The Kier molecular flexibility index (Phi) is 6.82. The van der Waals surface area contributed by atoms with Crippen LogP contribution in [0.4, 0.5) is 8.78 Å². The summed E-state index contributed by atoms with van der Waals surface area (Å²) in [5, 5.41) is 2.89. The molecule has 1 amide bonds. The first-order valence-corrected chi connectivity index (χ1v) is 8.09. The molecule has 26 heavy (non-hydrogen) atoms. The van der Waals surface area contributed by atoms with Crippen LogP contribution >= 0.6 is 0 Å². The van der Waals surface area contributed by atoms with Crippen molar-refractivity contribution in [2.24, 2.45) is 5.92 Å². The van der Waals surface area contributed by atoms with Gasteiger partial charge in [0.25, 0.3) is 5.91 Å². The van der Waals surface area contributed by atoms with Gasteiger partial charge < -0.3 is 19.7 Å². The van der Waals surface area contributed by atoms with E-state index in [4.69, 9.17) is 9.47 Å². The van der Waals surface area contributed by atoms with E-state index >= 15 is 0 Å². The van der Waals surface area contributed by atoms with Crippen molar-refractivity contribution in [3.8, 4) is 0 Å². The van der Waals surface area contributed by atoms with E-state index in [0.29, 0.717) is 0 Å². The van der Waals surface area contributed by atoms with E-state index in [1.807, 2.05) is 0 Å². The summed E-state index contributed by atoms with van der Waals surface area (Å²) >= 11 is 0. The summed E-state index contributed by atoms with van der Waals surface area (Å²) in [5.74, 6) is -3.18. The zero-order chi connectivity index (χ0) is 19.3. The minimum Gasteiger partial charge on any atom is -0.380 e. The van der Waals surface area contributed by atoms with Crippen molar-refractivity contribution in [1.82, 2.24) is 10.2 Å². The Labute approximate surface area is 150 Å². The Balaban J connectivity index is 2.00. The molecule has 0 saturated heterocycles. The van der Waals surface area contributed by atoms with E-state index in [9.17, 15) is 18.4 Å². The SMILES string of the molecule is COC(CN(C)C(=O)C1=CC(C(=O)Cc2cccc(F)c2F)CN1)OC. The van der Waals surface area contributed by atoms with Crippen LogP contribution in [0.1, 0.15) is 5.56 Å². The van der Waals surface area contributed by atoms with Gasteiger partial charge >= 0.3 is 0 Å². The average molecular weight is 368 g/mol. The van der Waals surface area contributed by atoms with E-state index in [1.165, 1.54) is 37.3 Å². The molecule has 6 nitrogen and oxygen atoms in total. The third-order valence-electron chi connectivity index (χ3n) is 4.22. The number of Topliss-reactive ketones (excluding diaryl/α,β-unsaturated/α-hetero) is 1. The van der Waals surface area contributed by atoms with Crippen LogP contribution in [-0.2, 0) is 25.5 Å². The predicted octanol–water partition coefficient (Wildman–Crippen LogP) is 1.26. The summed E-state index contributed by atoms with van der Waals surface area (Å²) in [6.45, 7) is 0.459. The first-order valence-electron chi connectivity index (χ1n) is 8.09. The molecule has 2 rings (SSSR count). The van der Waals surface area contributed by atoms with Gasteiger partial charge in [-0.15, -0.1) is 0 Å². The lowest BCUT2D eigenvalue weighted by Gasteiger charge is -2.22. The Morgan fingerprint density at radius 1 is 1.31 bits per heavy atom. The van der Waals surface area contributed by atoms with E-state index in [2.05, 4.69) is 5.32 Å². The van der Waals surface area contributed by atoms with Crippen molar-refractivity contribution in [2.45, 2.75) is 12.7 Å². The van der Waals surface area contributed by atoms with E-state index in [1.54, 1.807) is 7.05 Å². The lowest BCUT2D eigenvalue weighted by Crippen LogP contribution is -2.38. The maximum absolute atomic E-state index is 13.7. The molecule has 8 heteroatoms. The van der Waals surface area contributed by atoms with Gasteiger partial charge in [-0.1, -0.05) is 12.1 Å². The molecule has 1 aliphatic heterocycles. The summed E-state index contributed by atoms with van der Waals surface area (Å²) in [4.78, 5) is 26.2. The minimum absolute atomic E-state index is 0.00308. The van der Waals surface area contributed by atoms with Crippen LogP contribution in [0.25, 0.3) is 0 Å². The van der Waals surface area contributed by atoms with Crippen molar-refractivity contribution in [3.63, 3.8) is 0 Å². The topological polar surface area (TPSA) is 67.9 Å². The quantitative estimate of drug-likeness (QED) is 0.700. The lowest BCUT2D eigenvalue weighted by molar-refractivity contribution is -0.140. The van der Waals surface area contributed by atoms with Crippen molar-refractivity contribution in [1.29, 1.82) is 0 Å². The molecule has 0 aliphatic carbocycles. The van der Waals surface area contributed by atoms with Gasteiger partial charge in [-0.25, -0.2) is 8.78 Å². The standard InChI is InChI=1S/C18H22F2N2O4/c1-22(10-16(25-2)26-3)18(24)14-7-12(9-21-14)15(23)8-11-5-4-6-13(19)17(11)20/h4-7,12,16,21H,8-10H2,1-3H3. The van der Waals surface area contributed by atoms with Gasteiger partial charge in [0.15, 0.2) is 17.9 Å². The Morgan fingerprint density at radius 2 is 2.00 bits per heavy atom. The van der Waals surface area contributed by atoms with Crippen LogP contribution < -0.4 is 5.32 Å². The highest BCUT2D eigenvalue weighted by Crippen LogP contribution is 2.18. The Bertz CT molecular complexity index is 704. The van der Waals surface area contributed by atoms with Gasteiger partial charge in [0.2, 0.25) is 0 Å². The number of likely N-dealkylation sites (N-methyl/N-ethyl adjacent to an activating group) is 1. The molecule has 0 radical (unpaired) electrons. The normalized spacial score (nSPS) is 16.4. The second-order valence-corrected chi connectivity index (χ2v) is 6.01. The molecule has 1 N–H and O–H groups in total. The molecule has 0 saturated carbocycles. The summed E-state index contributed by atoms with van der Waals surface area (Å²) in [6, 6.07) is 3.73. The third kappa shape index (κ3) is 4.64. The highest BCUT2D eigenvalue weighted by molar-refractivity contribution is 5.95. The zero-order valence-electron chi connectivity index (χ0n) is 14.9. The van der Waals surface area contributed by atoms with Crippen molar-refractivity contribution < 1.29 is 27.8 Å². The predicted molar refractivity (Wildman–Crippen MR) is 90.1 cm³/mol. The molecule has 0 spiro atoms. The van der Waals surface area contributed by atoms with Gasteiger partial charge in [-0.2, -0.15) is 0 Å². The van der Waals surface area contributed by atoms with Crippen LogP contribution in [0.15, 0.2) is 30.0 Å². The monoisotopic (exact) mass is 368 g/mol. The van der Waals surface area contributed by atoms with Crippen molar-refractivity contribution >= 4 is 11.7 Å². The largest absolute Gasteiger partial charge is 0.380 e. The van der Waals surface area contributed by atoms with E-state index < -0.39 is 23.8 Å². The average Bonchev–Trinajstić information content (AvgIpc) is 3.12. The number of methoxy groups -OCH3 is 2. The van der Waals surface area contributed by atoms with Crippen molar-refractivity contribution in [3.05, 3.63) is 47.2 Å². The zero-order valence-corrected chi connectivity index (χ0v) is 14.9. The molecule has 0 aromatic heterocycles.